The van der Waals surface area contributed by atoms with Crippen molar-refractivity contribution >= 4 is 29.0 Å². The molecule has 2 N–H and O–H groups in total. The molecule has 6 heteroatoms. The molecule has 1 aromatic heterocycles. The molecule has 0 radical (unpaired) electrons. The number of para-hydroxylation sites is 1. The van der Waals surface area contributed by atoms with Crippen molar-refractivity contribution in [3.8, 4) is 5.75 Å². The SMILES string of the molecule is COc1ccccc1C(=O)Nc1ccc(NCc2ccccc2Cl)nc1. The normalized spacial score (nSPS) is 10.2. The number of carbonyl (C=O) groups excluding carboxylic acids is 1. The zero-order valence-corrected chi connectivity index (χ0v) is 15.0. The Labute approximate surface area is 157 Å². The Morgan fingerprint density at radius 1 is 1.08 bits per heavy atom. The van der Waals surface area contributed by atoms with Crippen LogP contribution in [0.4, 0.5) is 11.5 Å². The quantitative estimate of drug-likeness (QED) is 0.668. The number of anilines is 2. The lowest BCUT2D eigenvalue weighted by molar-refractivity contribution is 0.102. The maximum atomic E-state index is 12.4. The Kier molecular flexibility index (Phi) is 5.71. The van der Waals surface area contributed by atoms with Gasteiger partial charge in [-0.15, -0.1) is 0 Å². The first-order chi connectivity index (χ1) is 12.7. The molecule has 5 nitrogen and oxygen atoms in total. The van der Waals surface area contributed by atoms with E-state index < -0.39 is 0 Å². The van der Waals surface area contributed by atoms with Gasteiger partial charge in [0, 0.05) is 11.6 Å². The first kappa shape index (κ1) is 17.8. The lowest BCUT2D eigenvalue weighted by atomic mass is 10.2. The molecule has 0 saturated heterocycles. The molecule has 3 rings (SSSR count). The minimum atomic E-state index is -0.249. The van der Waals surface area contributed by atoms with Crippen LogP contribution in [0.5, 0.6) is 5.75 Å². The second-order valence-electron chi connectivity index (χ2n) is 5.53. The first-order valence-corrected chi connectivity index (χ1v) is 8.43. The van der Waals surface area contributed by atoms with E-state index in [4.69, 9.17) is 16.3 Å². The molecule has 0 spiro atoms. The summed E-state index contributed by atoms with van der Waals surface area (Å²) in [5, 5.41) is 6.73. The molecular formula is C20H18ClN3O2. The number of carbonyl (C=O) groups is 1. The summed E-state index contributed by atoms with van der Waals surface area (Å²) in [4.78, 5) is 16.7. The van der Waals surface area contributed by atoms with Crippen LogP contribution in [-0.2, 0) is 6.54 Å². The molecule has 0 bridgehead atoms. The standard InChI is InChI=1S/C20H18ClN3O2/c1-26-18-9-5-3-7-16(18)20(25)24-15-10-11-19(23-13-15)22-12-14-6-2-4-8-17(14)21/h2-11,13H,12H2,1H3,(H,22,23)(H,24,25). The predicted molar refractivity (Wildman–Crippen MR) is 104 cm³/mol. The summed E-state index contributed by atoms with van der Waals surface area (Å²) >= 11 is 6.14. The van der Waals surface area contributed by atoms with E-state index in [2.05, 4.69) is 15.6 Å². The molecular weight excluding hydrogens is 350 g/mol. The van der Waals surface area contributed by atoms with Gasteiger partial charge in [0.1, 0.15) is 11.6 Å². The number of ether oxygens (including phenoxy) is 1. The van der Waals surface area contributed by atoms with Crippen LogP contribution in [0.1, 0.15) is 15.9 Å². The second kappa shape index (κ2) is 8.36. The Morgan fingerprint density at radius 3 is 2.58 bits per heavy atom. The molecule has 26 heavy (non-hydrogen) atoms. The van der Waals surface area contributed by atoms with E-state index >= 15 is 0 Å². The summed E-state index contributed by atoms with van der Waals surface area (Å²) in [6.07, 6.45) is 1.60. The summed E-state index contributed by atoms with van der Waals surface area (Å²) in [6.45, 7) is 0.569. The number of methoxy groups -OCH3 is 1. The highest BCUT2D eigenvalue weighted by molar-refractivity contribution is 6.31. The third-order valence-electron chi connectivity index (χ3n) is 3.79. The number of benzene rings is 2. The van der Waals surface area contributed by atoms with Crippen molar-refractivity contribution in [2.24, 2.45) is 0 Å². The number of hydrogen-bond acceptors (Lipinski definition) is 4. The molecule has 0 unspecified atom stereocenters. The average molecular weight is 368 g/mol. The van der Waals surface area contributed by atoms with Gasteiger partial charge in [-0.3, -0.25) is 4.79 Å². The third-order valence-corrected chi connectivity index (χ3v) is 4.16. The molecule has 0 aliphatic rings. The van der Waals surface area contributed by atoms with Gasteiger partial charge in [0.2, 0.25) is 0 Å². The van der Waals surface area contributed by atoms with E-state index in [1.54, 1.807) is 36.5 Å². The molecule has 0 aliphatic heterocycles. The van der Waals surface area contributed by atoms with E-state index in [0.29, 0.717) is 34.4 Å². The van der Waals surface area contributed by atoms with Crippen LogP contribution in [0.15, 0.2) is 66.9 Å². The van der Waals surface area contributed by atoms with Crippen LogP contribution in [0.2, 0.25) is 5.02 Å². The second-order valence-corrected chi connectivity index (χ2v) is 5.94. The summed E-state index contributed by atoms with van der Waals surface area (Å²) < 4.78 is 5.21. The van der Waals surface area contributed by atoms with Gasteiger partial charge in [0.25, 0.3) is 5.91 Å². The van der Waals surface area contributed by atoms with Crippen molar-refractivity contribution in [3.05, 3.63) is 83.0 Å². The highest BCUT2D eigenvalue weighted by Gasteiger charge is 2.11. The molecule has 1 heterocycles. The average Bonchev–Trinajstić information content (AvgIpc) is 2.68. The minimum absolute atomic E-state index is 0.249. The lowest BCUT2D eigenvalue weighted by Gasteiger charge is -2.10. The van der Waals surface area contributed by atoms with Crippen molar-refractivity contribution in [3.63, 3.8) is 0 Å². The molecule has 132 valence electrons. The van der Waals surface area contributed by atoms with Crippen molar-refractivity contribution in [1.29, 1.82) is 0 Å². The number of rotatable bonds is 6. The third kappa shape index (κ3) is 4.32. The predicted octanol–water partition coefficient (Wildman–Crippen LogP) is 4.61. The van der Waals surface area contributed by atoms with Crippen LogP contribution >= 0.6 is 11.6 Å². The Balaban J connectivity index is 1.62. The Hall–Kier alpha value is -3.05. The van der Waals surface area contributed by atoms with Gasteiger partial charge in [-0.05, 0) is 35.9 Å². The lowest BCUT2D eigenvalue weighted by Crippen LogP contribution is -2.13. The largest absolute Gasteiger partial charge is 0.496 e. The number of halogens is 1. The van der Waals surface area contributed by atoms with Gasteiger partial charge < -0.3 is 15.4 Å². The van der Waals surface area contributed by atoms with Gasteiger partial charge >= 0.3 is 0 Å². The molecule has 1 amide bonds. The van der Waals surface area contributed by atoms with E-state index in [1.807, 2.05) is 30.3 Å². The monoisotopic (exact) mass is 367 g/mol. The molecule has 2 aromatic carbocycles. The maximum Gasteiger partial charge on any atom is 0.259 e. The fourth-order valence-electron chi connectivity index (χ4n) is 2.43. The van der Waals surface area contributed by atoms with Crippen LogP contribution in [0.25, 0.3) is 0 Å². The van der Waals surface area contributed by atoms with E-state index in [0.717, 1.165) is 5.56 Å². The minimum Gasteiger partial charge on any atom is -0.496 e. The van der Waals surface area contributed by atoms with Crippen LogP contribution in [0.3, 0.4) is 0 Å². The van der Waals surface area contributed by atoms with Crippen molar-refractivity contribution in [2.45, 2.75) is 6.54 Å². The Bertz CT molecular complexity index is 898. The topological polar surface area (TPSA) is 63.2 Å². The van der Waals surface area contributed by atoms with E-state index in [9.17, 15) is 4.79 Å². The summed E-state index contributed by atoms with van der Waals surface area (Å²) in [7, 11) is 1.53. The molecule has 0 saturated carbocycles. The smallest absolute Gasteiger partial charge is 0.259 e. The van der Waals surface area contributed by atoms with E-state index in [-0.39, 0.29) is 5.91 Å². The molecule has 3 aromatic rings. The summed E-state index contributed by atoms with van der Waals surface area (Å²) in [6, 6.07) is 18.3. The van der Waals surface area contributed by atoms with Crippen LogP contribution in [-0.4, -0.2) is 18.0 Å². The summed E-state index contributed by atoms with van der Waals surface area (Å²) in [5.74, 6) is 0.970. The van der Waals surface area contributed by atoms with Gasteiger partial charge in [-0.25, -0.2) is 4.98 Å². The fourth-order valence-corrected chi connectivity index (χ4v) is 2.63. The number of hydrogen-bond donors (Lipinski definition) is 2. The van der Waals surface area contributed by atoms with Crippen molar-refractivity contribution in [1.82, 2.24) is 4.98 Å². The highest BCUT2D eigenvalue weighted by atomic mass is 35.5. The van der Waals surface area contributed by atoms with Crippen molar-refractivity contribution in [2.75, 3.05) is 17.7 Å². The molecule has 0 atom stereocenters. The van der Waals surface area contributed by atoms with Gasteiger partial charge in [0.05, 0.1) is 24.6 Å². The number of amides is 1. The molecule has 0 fully saturated rings. The maximum absolute atomic E-state index is 12.4. The molecule has 0 aliphatic carbocycles. The van der Waals surface area contributed by atoms with Gasteiger partial charge in [-0.2, -0.15) is 0 Å². The first-order valence-electron chi connectivity index (χ1n) is 8.05. The number of pyridine rings is 1. The van der Waals surface area contributed by atoms with Crippen LogP contribution < -0.4 is 15.4 Å². The Morgan fingerprint density at radius 2 is 1.85 bits per heavy atom. The fraction of sp³-hybridized carbons (Fsp3) is 0.100. The number of nitrogens with one attached hydrogen (secondary N) is 2. The highest BCUT2D eigenvalue weighted by Crippen LogP contribution is 2.20. The summed E-state index contributed by atoms with van der Waals surface area (Å²) in [5.41, 5.74) is 2.06. The number of aromatic nitrogens is 1. The van der Waals surface area contributed by atoms with Crippen LogP contribution in [0, 0.1) is 0 Å². The van der Waals surface area contributed by atoms with Crippen molar-refractivity contribution < 1.29 is 9.53 Å². The van der Waals surface area contributed by atoms with Gasteiger partial charge in [-0.1, -0.05) is 41.9 Å². The van der Waals surface area contributed by atoms with Gasteiger partial charge in [0.15, 0.2) is 0 Å². The number of nitrogens with zero attached hydrogens (tertiary/aromatic N) is 1. The zero-order valence-electron chi connectivity index (χ0n) is 14.2. The zero-order chi connectivity index (χ0) is 18.4. The van der Waals surface area contributed by atoms with E-state index in [1.165, 1.54) is 7.11 Å².